The molecule has 9 nitrogen and oxygen atoms in total. The molecule has 3 rings (SSSR count). The molecule has 3 aromatic rings. The highest BCUT2D eigenvalue weighted by Crippen LogP contribution is 2.22. The highest BCUT2D eigenvalue weighted by molar-refractivity contribution is 7.87. The first-order valence-electron chi connectivity index (χ1n) is 9.42. The maximum Gasteiger partial charge on any atom is 0.339 e. The number of hydrogen-bond donors (Lipinski definition) is 1. The van der Waals surface area contributed by atoms with Crippen LogP contribution in [0.3, 0.4) is 0 Å². The average molecular weight is 456 g/mol. The molecular formula is C22H20N2O7S. The molecule has 0 atom stereocenters. The second kappa shape index (κ2) is 10.0. The van der Waals surface area contributed by atoms with Crippen LogP contribution in [0.15, 0.2) is 77.7 Å². The van der Waals surface area contributed by atoms with Crippen LogP contribution in [0.25, 0.3) is 0 Å². The predicted molar refractivity (Wildman–Crippen MR) is 116 cm³/mol. The molecule has 1 N–H and O–H groups in total. The highest BCUT2D eigenvalue weighted by Gasteiger charge is 2.20. The second-order valence-corrected chi connectivity index (χ2v) is 8.30. The Morgan fingerprint density at radius 2 is 1.69 bits per heavy atom. The van der Waals surface area contributed by atoms with Gasteiger partial charge in [0.25, 0.3) is 11.6 Å². The minimum absolute atomic E-state index is 0.0275. The maximum atomic E-state index is 12.4. The number of carbonyl (C=O) groups is 1. The van der Waals surface area contributed by atoms with E-state index >= 15 is 0 Å². The van der Waals surface area contributed by atoms with E-state index < -0.39 is 15.0 Å². The Morgan fingerprint density at radius 3 is 2.38 bits per heavy atom. The third kappa shape index (κ3) is 5.90. The zero-order valence-electron chi connectivity index (χ0n) is 17.1. The van der Waals surface area contributed by atoms with Crippen molar-refractivity contribution >= 4 is 21.7 Å². The van der Waals surface area contributed by atoms with Gasteiger partial charge in [0.05, 0.1) is 11.5 Å². The van der Waals surface area contributed by atoms with Crippen molar-refractivity contribution in [1.29, 1.82) is 0 Å². The molecule has 0 fully saturated rings. The Morgan fingerprint density at radius 1 is 1.00 bits per heavy atom. The van der Waals surface area contributed by atoms with Crippen molar-refractivity contribution in [3.63, 3.8) is 0 Å². The fourth-order valence-electron chi connectivity index (χ4n) is 2.87. The summed E-state index contributed by atoms with van der Waals surface area (Å²) in [5.74, 6) is -0.365. The number of nitrogens with one attached hydrogen (secondary N) is 1. The number of hydrogen-bond acceptors (Lipinski definition) is 7. The van der Waals surface area contributed by atoms with Crippen LogP contribution in [0.4, 0.5) is 5.69 Å². The lowest BCUT2D eigenvalue weighted by molar-refractivity contribution is -0.385. The average Bonchev–Trinajstić information content (AvgIpc) is 2.78. The Balaban J connectivity index is 1.64. The third-order valence-corrected chi connectivity index (χ3v) is 5.64. The number of carbonyl (C=O) groups excluding carboxylic acids is 1. The predicted octanol–water partition coefficient (Wildman–Crippen LogP) is 3.44. The van der Waals surface area contributed by atoms with E-state index in [2.05, 4.69) is 5.32 Å². The van der Waals surface area contributed by atoms with Crippen LogP contribution in [0.1, 0.15) is 21.5 Å². The first-order chi connectivity index (χ1) is 15.3. The smallest absolute Gasteiger partial charge is 0.339 e. The number of benzene rings is 3. The number of ether oxygens (including phenoxy) is 1. The number of nitro groups is 1. The summed E-state index contributed by atoms with van der Waals surface area (Å²) in [5.41, 5.74) is 1.86. The van der Waals surface area contributed by atoms with Crippen molar-refractivity contribution in [2.45, 2.75) is 18.0 Å². The summed E-state index contributed by atoms with van der Waals surface area (Å²) in [6.45, 7) is 0.790. The maximum absolute atomic E-state index is 12.4. The van der Waals surface area contributed by atoms with E-state index in [0.717, 1.165) is 17.2 Å². The summed E-state index contributed by atoms with van der Waals surface area (Å²) < 4.78 is 34.9. The molecule has 3 aromatic carbocycles. The van der Waals surface area contributed by atoms with E-state index in [9.17, 15) is 23.3 Å². The Bertz CT molecular complexity index is 1230. The summed E-state index contributed by atoms with van der Waals surface area (Å²) in [4.78, 5) is 22.2. The molecule has 0 aliphatic rings. The minimum atomic E-state index is -4.27. The summed E-state index contributed by atoms with van der Waals surface area (Å²) >= 11 is 0. The van der Waals surface area contributed by atoms with Crippen molar-refractivity contribution in [3.05, 3.63) is 99.6 Å². The van der Waals surface area contributed by atoms with E-state index in [-0.39, 0.29) is 22.2 Å². The van der Waals surface area contributed by atoms with E-state index in [1.807, 2.05) is 24.3 Å². The van der Waals surface area contributed by atoms with Gasteiger partial charge in [-0.05, 0) is 41.5 Å². The normalized spacial score (nSPS) is 11.0. The van der Waals surface area contributed by atoms with Gasteiger partial charge in [-0.1, -0.05) is 30.3 Å². The van der Waals surface area contributed by atoms with Gasteiger partial charge in [0, 0.05) is 31.4 Å². The summed E-state index contributed by atoms with van der Waals surface area (Å²) in [6, 6.07) is 17.7. The monoisotopic (exact) mass is 456 g/mol. The first-order valence-corrected chi connectivity index (χ1v) is 10.8. The molecular weight excluding hydrogens is 436 g/mol. The number of non-ortho nitro benzene ring substituents is 1. The molecule has 0 saturated carbocycles. The highest BCUT2D eigenvalue weighted by atomic mass is 32.2. The second-order valence-electron chi connectivity index (χ2n) is 6.75. The molecule has 1 amide bonds. The van der Waals surface area contributed by atoms with Gasteiger partial charge in [0.2, 0.25) is 0 Å². The topological polar surface area (TPSA) is 125 Å². The summed E-state index contributed by atoms with van der Waals surface area (Å²) in [7, 11) is -2.66. The van der Waals surface area contributed by atoms with Crippen LogP contribution >= 0.6 is 0 Å². The number of methoxy groups -OCH3 is 1. The molecule has 0 aliphatic carbocycles. The van der Waals surface area contributed by atoms with Crippen molar-refractivity contribution in [2.24, 2.45) is 0 Å². The van der Waals surface area contributed by atoms with Crippen LogP contribution < -0.4 is 9.50 Å². The lowest BCUT2D eigenvalue weighted by atomic mass is 10.1. The number of nitrogens with zero attached hydrogens (tertiary/aromatic N) is 1. The van der Waals surface area contributed by atoms with Crippen LogP contribution in [0.2, 0.25) is 0 Å². The van der Waals surface area contributed by atoms with Gasteiger partial charge in [-0.15, -0.1) is 0 Å². The molecule has 0 aromatic heterocycles. The first kappa shape index (κ1) is 22.9. The molecule has 166 valence electrons. The van der Waals surface area contributed by atoms with Crippen LogP contribution in [0, 0.1) is 10.1 Å². The SMILES string of the molecule is COCc1cccc(CNC(=O)c2ccc(OS(=O)(=O)c3cccc([N+](=O)[O-])c3)cc2)c1. The third-order valence-electron chi connectivity index (χ3n) is 4.40. The van der Waals surface area contributed by atoms with Gasteiger partial charge >= 0.3 is 10.1 Å². The lowest BCUT2D eigenvalue weighted by Crippen LogP contribution is -2.22. The van der Waals surface area contributed by atoms with Crippen LogP contribution in [-0.4, -0.2) is 26.4 Å². The van der Waals surface area contributed by atoms with E-state index in [1.54, 1.807) is 7.11 Å². The fourth-order valence-corrected chi connectivity index (χ4v) is 3.84. The quantitative estimate of drug-likeness (QED) is 0.297. The van der Waals surface area contributed by atoms with Gasteiger partial charge in [-0.2, -0.15) is 8.42 Å². The van der Waals surface area contributed by atoms with Gasteiger partial charge in [-0.25, -0.2) is 0 Å². The van der Waals surface area contributed by atoms with Gasteiger partial charge in [0.1, 0.15) is 10.6 Å². The zero-order chi connectivity index (χ0) is 23.1. The standard InChI is InChI=1S/C22H20N2O7S/c1-30-15-17-5-2-4-16(12-17)14-23-22(25)18-8-10-20(11-9-18)31-32(28,29)21-7-3-6-19(13-21)24(26)27/h2-13H,14-15H2,1H3,(H,23,25). The summed E-state index contributed by atoms with van der Waals surface area (Å²) in [5, 5.41) is 13.6. The molecule has 0 spiro atoms. The van der Waals surface area contributed by atoms with Gasteiger partial charge in [-0.3, -0.25) is 14.9 Å². The van der Waals surface area contributed by atoms with Crippen molar-refractivity contribution in [2.75, 3.05) is 7.11 Å². The van der Waals surface area contributed by atoms with Crippen molar-refractivity contribution in [3.8, 4) is 5.75 Å². The molecule has 0 heterocycles. The van der Waals surface area contributed by atoms with Gasteiger partial charge < -0.3 is 14.2 Å². The molecule has 0 saturated heterocycles. The van der Waals surface area contributed by atoms with Crippen molar-refractivity contribution < 1.29 is 27.1 Å². The Labute approximate surface area is 184 Å². The molecule has 0 bridgehead atoms. The van der Waals surface area contributed by atoms with Crippen LogP contribution in [0.5, 0.6) is 5.75 Å². The van der Waals surface area contributed by atoms with E-state index in [1.165, 1.54) is 42.5 Å². The molecule has 0 aliphatic heterocycles. The number of rotatable bonds is 9. The zero-order valence-corrected chi connectivity index (χ0v) is 17.9. The van der Waals surface area contributed by atoms with Gasteiger partial charge in [0.15, 0.2) is 0 Å². The number of nitro benzene ring substituents is 1. The Hall–Kier alpha value is -3.76. The van der Waals surface area contributed by atoms with Crippen molar-refractivity contribution in [1.82, 2.24) is 5.32 Å². The fraction of sp³-hybridized carbons (Fsp3) is 0.136. The molecule has 0 radical (unpaired) electrons. The number of amides is 1. The molecule has 0 unspecified atom stereocenters. The molecule has 10 heteroatoms. The molecule has 32 heavy (non-hydrogen) atoms. The lowest BCUT2D eigenvalue weighted by Gasteiger charge is -2.09. The largest absolute Gasteiger partial charge is 0.380 e. The van der Waals surface area contributed by atoms with Crippen LogP contribution in [-0.2, 0) is 28.0 Å². The minimum Gasteiger partial charge on any atom is -0.380 e. The summed E-state index contributed by atoms with van der Waals surface area (Å²) in [6.07, 6.45) is 0. The van der Waals surface area contributed by atoms with E-state index in [0.29, 0.717) is 18.7 Å². The Kier molecular flexibility index (Phi) is 7.18. The van der Waals surface area contributed by atoms with E-state index in [4.69, 9.17) is 8.92 Å².